The molecule has 2 aromatic carbocycles. The topological polar surface area (TPSA) is 102 Å². The van der Waals surface area contributed by atoms with Gasteiger partial charge in [0.05, 0.1) is 17.0 Å². The number of amides is 3. The molecule has 3 rings (SSSR count). The van der Waals surface area contributed by atoms with Gasteiger partial charge in [-0.25, -0.2) is 4.79 Å². The summed E-state index contributed by atoms with van der Waals surface area (Å²) in [5.41, 5.74) is -2.68. The molecule has 1 fully saturated rings. The van der Waals surface area contributed by atoms with Crippen LogP contribution in [0.25, 0.3) is 0 Å². The van der Waals surface area contributed by atoms with Crippen molar-refractivity contribution >= 4 is 17.6 Å². The molecule has 0 bridgehead atoms. The van der Waals surface area contributed by atoms with E-state index in [2.05, 4.69) is 5.32 Å². The van der Waals surface area contributed by atoms with Crippen LogP contribution in [0.15, 0.2) is 48.5 Å². The Morgan fingerprint density at radius 1 is 1.17 bits per heavy atom. The zero-order valence-corrected chi connectivity index (χ0v) is 15.6. The van der Waals surface area contributed by atoms with Crippen LogP contribution in [-0.4, -0.2) is 34.9 Å². The van der Waals surface area contributed by atoms with Crippen molar-refractivity contribution in [3.63, 3.8) is 0 Å². The first-order valence-corrected chi connectivity index (χ1v) is 8.71. The Labute approximate surface area is 168 Å². The average molecular weight is 423 g/mol. The molecule has 1 saturated heterocycles. The Morgan fingerprint density at radius 2 is 1.83 bits per heavy atom. The number of non-ortho nitro benzene ring substituents is 1. The van der Waals surface area contributed by atoms with Crippen LogP contribution in [0, 0.1) is 10.1 Å². The molecule has 1 aliphatic rings. The van der Waals surface area contributed by atoms with Gasteiger partial charge in [0.1, 0.15) is 17.9 Å². The van der Waals surface area contributed by atoms with E-state index in [1.165, 1.54) is 43.3 Å². The molecular weight excluding hydrogens is 407 g/mol. The number of ether oxygens (including phenoxy) is 1. The zero-order valence-electron chi connectivity index (χ0n) is 15.6. The van der Waals surface area contributed by atoms with Crippen LogP contribution in [0.1, 0.15) is 18.1 Å². The molecule has 0 saturated carbocycles. The average Bonchev–Trinajstić information content (AvgIpc) is 2.92. The molecule has 1 N–H and O–H groups in total. The number of nitro groups is 1. The maximum absolute atomic E-state index is 13.0. The maximum Gasteiger partial charge on any atom is 0.416 e. The number of halogens is 3. The second kappa shape index (κ2) is 7.65. The summed E-state index contributed by atoms with van der Waals surface area (Å²) < 4.78 is 44.4. The molecular formula is C19H16F3N3O5. The van der Waals surface area contributed by atoms with Gasteiger partial charge in [-0.15, -0.1) is 0 Å². The maximum atomic E-state index is 13.0. The van der Waals surface area contributed by atoms with E-state index >= 15 is 0 Å². The van der Waals surface area contributed by atoms with Crippen molar-refractivity contribution in [2.24, 2.45) is 0 Å². The third-order valence-corrected chi connectivity index (χ3v) is 4.67. The van der Waals surface area contributed by atoms with Crippen LogP contribution >= 0.6 is 0 Å². The molecule has 3 amide bonds. The van der Waals surface area contributed by atoms with Crippen molar-refractivity contribution in [3.8, 4) is 5.75 Å². The summed E-state index contributed by atoms with van der Waals surface area (Å²) >= 11 is 0. The Kier molecular flexibility index (Phi) is 5.38. The predicted molar refractivity (Wildman–Crippen MR) is 97.6 cm³/mol. The monoisotopic (exact) mass is 423 g/mol. The lowest BCUT2D eigenvalue weighted by Gasteiger charge is -2.23. The van der Waals surface area contributed by atoms with Crippen molar-refractivity contribution in [3.05, 3.63) is 69.8 Å². The Morgan fingerprint density at radius 3 is 2.43 bits per heavy atom. The molecule has 0 aromatic heterocycles. The minimum Gasteiger partial charge on any atom is -0.492 e. The van der Waals surface area contributed by atoms with Crippen molar-refractivity contribution in [2.75, 3.05) is 13.2 Å². The second-order valence-electron chi connectivity index (χ2n) is 6.69. The fourth-order valence-corrected chi connectivity index (χ4v) is 3.02. The number of hydrogen-bond acceptors (Lipinski definition) is 5. The van der Waals surface area contributed by atoms with Crippen molar-refractivity contribution in [1.82, 2.24) is 10.2 Å². The Bertz CT molecular complexity index is 994. The van der Waals surface area contributed by atoms with E-state index in [0.717, 1.165) is 17.0 Å². The highest BCUT2D eigenvalue weighted by molar-refractivity contribution is 6.07. The molecule has 1 heterocycles. The number of imide groups is 1. The van der Waals surface area contributed by atoms with E-state index in [9.17, 15) is 32.9 Å². The molecule has 2 aromatic rings. The number of nitro benzene ring substituents is 1. The minimum absolute atomic E-state index is 0.00876. The number of carbonyl (C=O) groups excluding carboxylic acids is 2. The summed E-state index contributed by atoms with van der Waals surface area (Å²) in [7, 11) is 0. The van der Waals surface area contributed by atoms with E-state index < -0.39 is 34.1 Å². The molecule has 8 nitrogen and oxygen atoms in total. The minimum atomic E-state index is -4.59. The standard InChI is InChI=1S/C19H16F3N3O5/c1-18(12-3-2-4-13(11-12)19(20,21)22)16(26)24(17(27)23-18)9-10-30-15-7-5-14(6-8-15)25(28)29/h2-8,11H,9-10H2,1H3,(H,23,27). The van der Waals surface area contributed by atoms with Gasteiger partial charge in [0.2, 0.25) is 0 Å². The van der Waals surface area contributed by atoms with Gasteiger partial charge in [-0.2, -0.15) is 13.2 Å². The van der Waals surface area contributed by atoms with Crippen molar-refractivity contribution in [2.45, 2.75) is 18.6 Å². The number of carbonyl (C=O) groups is 2. The van der Waals surface area contributed by atoms with Crippen LogP contribution in [0.4, 0.5) is 23.7 Å². The highest BCUT2D eigenvalue weighted by Gasteiger charge is 2.49. The summed E-state index contributed by atoms with van der Waals surface area (Å²) in [4.78, 5) is 36.0. The van der Waals surface area contributed by atoms with Gasteiger partial charge >= 0.3 is 12.2 Å². The van der Waals surface area contributed by atoms with Crippen LogP contribution in [-0.2, 0) is 16.5 Å². The number of hydrogen-bond donors (Lipinski definition) is 1. The van der Waals surface area contributed by atoms with Gasteiger partial charge in [0, 0.05) is 12.1 Å². The zero-order chi connectivity index (χ0) is 22.1. The van der Waals surface area contributed by atoms with E-state index in [-0.39, 0.29) is 24.4 Å². The quantitative estimate of drug-likeness (QED) is 0.436. The molecule has 1 atom stereocenters. The number of alkyl halides is 3. The summed E-state index contributed by atoms with van der Waals surface area (Å²) in [6.45, 7) is 1.08. The van der Waals surface area contributed by atoms with E-state index in [1.54, 1.807) is 0 Å². The molecule has 0 aliphatic carbocycles. The summed E-state index contributed by atoms with van der Waals surface area (Å²) in [6, 6.07) is 8.69. The molecule has 11 heteroatoms. The van der Waals surface area contributed by atoms with Gasteiger partial charge in [0.15, 0.2) is 0 Å². The summed E-state index contributed by atoms with van der Waals surface area (Å²) in [6.07, 6.45) is -4.59. The van der Waals surface area contributed by atoms with Crippen molar-refractivity contribution in [1.29, 1.82) is 0 Å². The first-order chi connectivity index (χ1) is 14.0. The fraction of sp³-hybridized carbons (Fsp3) is 0.263. The van der Waals surface area contributed by atoms with Crippen LogP contribution < -0.4 is 10.1 Å². The fourth-order valence-electron chi connectivity index (χ4n) is 3.02. The second-order valence-corrected chi connectivity index (χ2v) is 6.69. The number of nitrogens with one attached hydrogen (secondary N) is 1. The van der Waals surface area contributed by atoms with Crippen LogP contribution in [0.2, 0.25) is 0 Å². The highest BCUT2D eigenvalue weighted by Crippen LogP contribution is 2.34. The molecule has 0 spiro atoms. The largest absolute Gasteiger partial charge is 0.492 e. The number of benzene rings is 2. The molecule has 1 aliphatic heterocycles. The Balaban J connectivity index is 1.69. The first kappa shape index (κ1) is 21.1. The van der Waals surface area contributed by atoms with Gasteiger partial charge in [-0.1, -0.05) is 12.1 Å². The molecule has 1 unspecified atom stereocenters. The lowest BCUT2D eigenvalue weighted by molar-refractivity contribution is -0.384. The van der Waals surface area contributed by atoms with Gasteiger partial charge in [-0.3, -0.25) is 19.8 Å². The first-order valence-electron chi connectivity index (χ1n) is 8.71. The highest BCUT2D eigenvalue weighted by atomic mass is 19.4. The number of nitrogens with zero attached hydrogens (tertiary/aromatic N) is 2. The molecule has 158 valence electrons. The SMILES string of the molecule is CC1(c2cccc(C(F)(F)F)c2)NC(=O)N(CCOc2ccc([N+](=O)[O-])cc2)C1=O. The lowest BCUT2D eigenvalue weighted by atomic mass is 9.90. The third kappa shape index (κ3) is 4.04. The summed E-state index contributed by atoms with van der Waals surface area (Å²) in [5.74, 6) is -0.410. The van der Waals surface area contributed by atoms with Crippen molar-refractivity contribution < 1.29 is 32.4 Å². The van der Waals surface area contributed by atoms with Gasteiger partial charge in [0.25, 0.3) is 11.6 Å². The van der Waals surface area contributed by atoms with Crippen LogP contribution in [0.3, 0.4) is 0 Å². The van der Waals surface area contributed by atoms with E-state index in [4.69, 9.17) is 4.74 Å². The number of urea groups is 1. The summed E-state index contributed by atoms with van der Waals surface area (Å²) in [5, 5.41) is 13.1. The predicted octanol–water partition coefficient (Wildman–Crippen LogP) is 3.46. The molecule has 30 heavy (non-hydrogen) atoms. The lowest BCUT2D eigenvalue weighted by Crippen LogP contribution is -2.41. The smallest absolute Gasteiger partial charge is 0.416 e. The normalized spacial score (nSPS) is 19.0. The van der Waals surface area contributed by atoms with E-state index in [0.29, 0.717) is 5.75 Å². The van der Waals surface area contributed by atoms with Gasteiger partial charge in [-0.05, 0) is 36.8 Å². The van der Waals surface area contributed by atoms with Crippen LogP contribution in [0.5, 0.6) is 5.75 Å². The Hall–Kier alpha value is -3.63. The van der Waals surface area contributed by atoms with E-state index in [1.807, 2.05) is 0 Å². The molecule has 0 radical (unpaired) electrons. The third-order valence-electron chi connectivity index (χ3n) is 4.67. The number of rotatable bonds is 6. The van der Waals surface area contributed by atoms with Gasteiger partial charge < -0.3 is 10.1 Å².